The molecule has 0 unspecified atom stereocenters. The van der Waals surface area contributed by atoms with Gasteiger partial charge in [0.1, 0.15) is 5.76 Å². The highest BCUT2D eigenvalue weighted by Crippen LogP contribution is 2.19. The van der Waals surface area contributed by atoms with E-state index in [4.69, 9.17) is 9.15 Å². The molecule has 1 aliphatic heterocycles. The summed E-state index contributed by atoms with van der Waals surface area (Å²) < 4.78 is 24.3. The maximum Gasteiger partial charge on any atom is 0.289 e. The van der Waals surface area contributed by atoms with Gasteiger partial charge in [0.25, 0.3) is 5.91 Å². The second kappa shape index (κ2) is 7.70. The first-order valence-corrected chi connectivity index (χ1v) is 8.53. The first-order valence-electron chi connectivity index (χ1n) is 8.53. The Morgan fingerprint density at radius 2 is 1.96 bits per heavy atom. The second-order valence-electron chi connectivity index (χ2n) is 6.16. The van der Waals surface area contributed by atoms with E-state index in [1.54, 1.807) is 12.1 Å². The van der Waals surface area contributed by atoms with Crippen molar-refractivity contribution < 1.29 is 18.3 Å². The molecule has 0 bridgehead atoms. The summed E-state index contributed by atoms with van der Waals surface area (Å²) >= 11 is 0. The van der Waals surface area contributed by atoms with Crippen molar-refractivity contribution in [2.75, 3.05) is 33.3 Å². The van der Waals surface area contributed by atoms with Crippen molar-refractivity contribution >= 4 is 5.91 Å². The zero-order valence-corrected chi connectivity index (χ0v) is 14.6. The first kappa shape index (κ1) is 17.5. The Bertz CT molecular complexity index is 736. The molecule has 1 fully saturated rings. The van der Waals surface area contributed by atoms with Crippen LogP contribution in [0.15, 0.2) is 34.7 Å². The number of hydrogen-bond acceptors (Lipinski definition) is 4. The van der Waals surface area contributed by atoms with Gasteiger partial charge in [0.15, 0.2) is 17.3 Å². The van der Waals surface area contributed by atoms with E-state index in [-0.39, 0.29) is 17.5 Å². The summed E-state index contributed by atoms with van der Waals surface area (Å²) in [5.41, 5.74) is 0.900. The van der Waals surface area contributed by atoms with Crippen LogP contribution < -0.4 is 4.74 Å². The van der Waals surface area contributed by atoms with E-state index in [0.717, 1.165) is 30.8 Å². The number of furan rings is 1. The Kier molecular flexibility index (Phi) is 5.38. The third-order valence-corrected chi connectivity index (χ3v) is 4.50. The van der Waals surface area contributed by atoms with Crippen molar-refractivity contribution in [3.8, 4) is 5.75 Å². The summed E-state index contributed by atoms with van der Waals surface area (Å²) in [7, 11) is 1.46. The number of ether oxygens (including phenoxy) is 1. The van der Waals surface area contributed by atoms with Gasteiger partial charge in [0.2, 0.25) is 0 Å². The lowest BCUT2D eigenvalue weighted by Crippen LogP contribution is -2.48. The predicted molar refractivity (Wildman–Crippen MR) is 92.2 cm³/mol. The van der Waals surface area contributed by atoms with Crippen LogP contribution in [0, 0.1) is 5.82 Å². The van der Waals surface area contributed by atoms with Crippen LogP contribution in [0.2, 0.25) is 0 Å². The highest BCUT2D eigenvalue weighted by atomic mass is 19.1. The van der Waals surface area contributed by atoms with Crippen LogP contribution in [-0.4, -0.2) is 49.0 Å². The molecule has 0 spiro atoms. The third-order valence-electron chi connectivity index (χ3n) is 4.50. The summed E-state index contributed by atoms with van der Waals surface area (Å²) in [6, 6.07) is 8.61. The molecule has 1 saturated heterocycles. The molecule has 5 nitrogen and oxygen atoms in total. The number of nitrogens with zero attached hydrogens (tertiary/aromatic N) is 2. The van der Waals surface area contributed by atoms with Crippen LogP contribution in [0.3, 0.4) is 0 Å². The van der Waals surface area contributed by atoms with E-state index in [2.05, 4.69) is 4.90 Å². The maximum absolute atomic E-state index is 13.8. The Morgan fingerprint density at radius 1 is 1.20 bits per heavy atom. The van der Waals surface area contributed by atoms with E-state index >= 15 is 0 Å². The standard InChI is InChI=1S/C19H23FN2O3/c1-3-15-5-7-18(25-15)19(23)22-10-8-21(9-11-22)13-14-4-6-17(24-2)16(20)12-14/h4-7,12H,3,8-11,13H2,1-2H3. The molecular weight excluding hydrogens is 323 g/mol. The molecule has 0 aliphatic carbocycles. The molecule has 1 aliphatic rings. The topological polar surface area (TPSA) is 45.9 Å². The number of rotatable bonds is 5. The van der Waals surface area contributed by atoms with Crippen LogP contribution in [0.1, 0.15) is 28.8 Å². The predicted octanol–water partition coefficient (Wildman–Crippen LogP) is 2.95. The Balaban J connectivity index is 1.54. The molecule has 1 amide bonds. The Labute approximate surface area is 147 Å². The number of benzene rings is 1. The minimum atomic E-state index is -0.349. The molecule has 1 aromatic carbocycles. The molecule has 2 aromatic rings. The van der Waals surface area contributed by atoms with Crippen molar-refractivity contribution in [2.45, 2.75) is 19.9 Å². The number of amides is 1. The number of aryl methyl sites for hydroxylation is 1. The van der Waals surface area contributed by atoms with Gasteiger partial charge in [-0.15, -0.1) is 0 Å². The van der Waals surface area contributed by atoms with Crippen molar-refractivity contribution in [3.63, 3.8) is 0 Å². The van der Waals surface area contributed by atoms with Gasteiger partial charge in [-0.25, -0.2) is 4.39 Å². The van der Waals surface area contributed by atoms with Gasteiger partial charge >= 0.3 is 0 Å². The molecule has 1 aromatic heterocycles. The minimum absolute atomic E-state index is 0.0603. The molecule has 134 valence electrons. The van der Waals surface area contributed by atoms with Gasteiger partial charge < -0.3 is 14.1 Å². The largest absolute Gasteiger partial charge is 0.494 e. The highest BCUT2D eigenvalue weighted by Gasteiger charge is 2.24. The van der Waals surface area contributed by atoms with Crippen LogP contribution >= 0.6 is 0 Å². The fourth-order valence-corrected chi connectivity index (χ4v) is 3.01. The number of carbonyl (C=O) groups excluding carboxylic acids is 1. The van der Waals surface area contributed by atoms with Crippen LogP contribution in [0.5, 0.6) is 5.75 Å². The van der Waals surface area contributed by atoms with Crippen LogP contribution in [-0.2, 0) is 13.0 Å². The first-order chi connectivity index (χ1) is 12.1. The summed E-state index contributed by atoms with van der Waals surface area (Å²) in [5.74, 6) is 1.07. The smallest absolute Gasteiger partial charge is 0.289 e. The van der Waals surface area contributed by atoms with Crippen LogP contribution in [0.4, 0.5) is 4.39 Å². The van der Waals surface area contributed by atoms with Gasteiger partial charge in [0, 0.05) is 39.1 Å². The van der Waals surface area contributed by atoms with Crippen molar-refractivity contribution in [3.05, 3.63) is 53.2 Å². The van der Waals surface area contributed by atoms with Gasteiger partial charge in [0.05, 0.1) is 7.11 Å². The summed E-state index contributed by atoms with van der Waals surface area (Å²) in [6.07, 6.45) is 0.777. The second-order valence-corrected chi connectivity index (χ2v) is 6.16. The molecule has 0 N–H and O–H groups in total. The zero-order valence-electron chi connectivity index (χ0n) is 14.6. The van der Waals surface area contributed by atoms with Crippen molar-refractivity contribution in [1.82, 2.24) is 9.80 Å². The van der Waals surface area contributed by atoms with E-state index in [9.17, 15) is 9.18 Å². The van der Waals surface area contributed by atoms with Crippen molar-refractivity contribution in [2.24, 2.45) is 0 Å². The minimum Gasteiger partial charge on any atom is -0.494 e. The molecule has 6 heteroatoms. The lowest BCUT2D eigenvalue weighted by Gasteiger charge is -2.34. The molecular formula is C19H23FN2O3. The summed E-state index contributed by atoms with van der Waals surface area (Å²) in [5, 5.41) is 0. The fraction of sp³-hybridized carbons (Fsp3) is 0.421. The van der Waals surface area contributed by atoms with E-state index in [1.165, 1.54) is 13.2 Å². The highest BCUT2D eigenvalue weighted by molar-refractivity contribution is 5.91. The van der Waals surface area contributed by atoms with Gasteiger partial charge in [-0.3, -0.25) is 9.69 Å². The summed E-state index contributed by atoms with van der Waals surface area (Å²) in [6.45, 7) is 5.43. The monoisotopic (exact) mass is 346 g/mol. The average molecular weight is 346 g/mol. The normalized spacial score (nSPS) is 15.4. The van der Waals surface area contributed by atoms with Gasteiger partial charge in [-0.05, 0) is 29.8 Å². The molecule has 3 rings (SSSR count). The molecule has 25 heavy (non-hydrogen) atoms. The van der Waals surface area contributed by atoms with E-state index < -0.39 is 0 Å². The van der Waals surface area contributed by atoms with E-state index in [0.29, 0.717) is 25.4 Å². The number of hydrogen-bond donors (Lipinski definition) is 0. The van der Waals surface area contributed by atoms with Gasteiger partial charge in [-0.1, -0.05) is 13.0 Å². The lowest BCUT2D eigenvalue weighted by molar-refractivity contribution is 0.0596. The molecule has 0 saturated carbocycles. The quantitative estimate of drug-likeness (QED) is 0.835. The number of methoxy groups -OCH3 is 1. The van der Waals surface area contributed by atoms with E-state index in [1.807, 2.05) is 24.0 Å². The number of halogens is 1. The fourth-order valence-electron chi connectivity index (χ4n) is 3.01. The Hall–Kier alpha value is -2.34. The molecule has 0 radical (unpaired) electrons. The number of carbonyl (C=O) groups is 1. The zero-order chi connectivity index (χ0) is 17.8. The summed E-state index contributed by atoms with van der Waals surface area (Å²) in [4.78, 5) is 16.5. The average Bonchev–Trinajstić information content (AvgIpc) is 3.11. The lowest BCUT2D eigenvalue weighted by atomic mass is 10.1. The number of piperazine rings is 1. The SMILES string of the molecule is CCc1ccc(C(=O)N2CCN(Cc3ccc(OC)c(F)c3)CC2)o1. The molecule has 2 heterocycles. The molecule has 0 atom stereocenters. The third kappa shape index (κ3) is 4.02. The Morgan fingerprint density at radius 3 is 2.56 bits per heavy atom. The maximum atomic E-state index is 13.8. The van der Waals surface area contributed by atoms with Crippen molar-refractivity contribution in [1.29, 1.82) is 0 Å². The van der Waals surface area contributed by atoms with Crippen LogP contribution in [0.25, 0.3) is 0 Å². The van der Waals surface area contributed by atoms with Gasteiger partial charge in [-0.2, -0.15) is 0 Å².